The van der Waals surface area contributed by atoms with E-state index in [0.29, 0.717) is 27.8 Å². The van der Waals surface area contributed by atoms with Crippen molar-refractivity contribution in [2.24, 2.45) is 0 Å². The average Bonchev–Trinajstić information content (AvgIpc) is 3.03. The molecule has 1 aromatic heterocycles. The number of halogens is 2. The average molecular weight is 430 g/mol. The van der Waals surface area contributed by atoms with Gasteiger partial charge in [-0.15, -0.1) is 0 Å². The van der Waals surface area contributed by atoms with Gasteiger partial charge in [-0.3, -0.25) is 0 Å². The number of aliphatic hydroxyl groups is 1. The fourth-order valence-electron chi connectivity index (χ4n) is 3.48. The summed E-state index contributed by atoms with van der Waals surface area (Å²) >= 11 is 12.2. The molecule has 2 unspecified atom stereocenters. The molecule has 0 aliphatic heterocycles. The van der Waals surface area contributed by atoms with E-state index < -0.39 is 12.1 Å². The molecule has 8 heteroatoms. The third-order valence-electron chi connectivity index (χ3n) is 4.84. The highest BCUT2D eigenvalue weighted by atomic mass is 35.5. The fourth-order valence-corrected chi connectivity index (χ4v) is 3.98. The van der Waals surface area contributed by atoms with Gasteiger partial charge in [0.05, 0.1) is 30.5 Å². The Morgan fingerprint density at radius 3 is 2.79 bits per heavy atom. The zero-order chi connectivity index (χ0) is 20.5. The van der Waals surface area contributed by atoms with Crippen molar-refractivity contribution >= 4 is 35.0 Å². The predicted octanol–water partition coefficient (Wildman–Crippen LogP) is 4.31. The van der Waals surface area contributed by atoms with Crippen molar-refractivity contribution in [3.8, 4) is 11.3 Å². The predicted molar refractivity (Wildman–Crippen MR) is 111 cm³/mol. The summed E-state index contributed by atoms with van der Waals surface area (Å²) < 4.78 is 4.88. The number of esters is 1. The minimum Gasteiger partial charge on any atom is -0.464 e. The van der Waals surface area contributed by atoms with Crippen molar-refractivity contribution in [2.75, 3.05) is 12.4 Å². The number of aromatic nitrogens is 2. The molecule has 0 spiro atoms. The lowest BCUT2D eigenvalue weighted by Crippen LogP contribution is -2.22. The number of nitrogens with zero attached hydrogens (tertiary/aromatic N) is 2. The van der Waals surface area contributed by atoms with Crippen molar-refractivity contribution in [2.45, 2.75) is 18.6 Å². The van der Waals surface area contributed by atoms with Gasteiger partial charge < -0.3 is 15.2 Å². The van der Waals surface area contributed by atoms with E-state index in [4.69, 9.17) is 27.9 Å². The summed E-state index contributed by atoms with van der Waals surface area (Å²) in [4.78, 5) is 21.2. The molecular formula is C21H17Cl2N3O3. The van der Waals surface area contributed by atoms with Crippen LogP contribution in [0.25, 0.3) is 11.3 Å². The SMILES string of the molecule is COC(=O)c1nc(NC2c3ccccc3CC2O)cnc1-c1ccc(Cl)cc1Cl. The summed E-state index contributed by atoms with van der Waals surface area (Å²) in [6.45, 7) is 0. The number of carbonyl (C=O) groups excluding carboxylic acids is 1. The molecule has 3 aromatic rings. The van der Waals surface area contributed by atoms with Crippen LogP contribution < -0.4 is 5.32 Å². The molecular weight excluding hydrogens is 413 g/mol. The van der Waals surface area contributed by atoms with Crippen LogP contribution in [0, 0.1) is 0 Å². The minimum absolute atomic E-state index is 0.0162. The van der Waals surface area contributed by atoms with E-state index in [1.54, 1.807) is 18.2 Å². The third-order valence-corrected chi connectivity index (χ3v) is 5.39. The van der Waals surface area contributed by atoms with Crippen LogP contribution in [0.1, 0.15) is 27.7 Å². The number of nitrogens with one attached hydrogen (secondary N) is 1. The van der Waals surface area contributed by atoms with E-state index in [1.807, 2.05) is 24.3 Å². The van der Waals surface area contributed by atoms with Gasteiger partial charge in [-0.2, -0.15) is 0 Å². The van der Waals surface area contributed by atoms with Crippen LogP contribution in [-0.4, -0.2) is 34.3 Å². The van der Waals surface area contributed by atoms with Gasteiger partial charge in [-0.25, -0.2) is 14.8 Å². The second-order valence-corrected chi connectivity index (χ2v) is 7.50. The van der Waals surface area contributed by atoms with Crippen molar-refractivity contribution in [3.05, 3.63) is 75.5 Å². The first-order valence-electron chi connectivity index (χ1n) is 8.91. The Hall–Kier alpha value is -2.67. The molecule has 1 aliphatic carbocycles. The topological polar surface area (TPSA) is 84.3 Å². The maximum Gasteiger partial charge on any atom is 0.359 e. The fraction of sp³-hybridized carbons (Fsp3) is 0.190. The van der Waals surface area contributed by atoms with Crippen LogP contribution in [-0.2, 0) is 11.2 Å². The van der Waals surface area contributed by atoms with E-state index in [1.165, 1.54) is 13.3 Å². The van der Waals surface area contributed by atoms with Gasteiger partial charge >= 0.3 is 5.97 Å². The Bertz CT molecular complexity index is 1090. The van der Waals surface area contributed by atoms with Gasteiger partial charge in [-0.1, -0.05) is 47.5 Å². The lowest BCUT2D eigenvalue weighted by Gasteiger charge is -2.19. The first-order chi connectivity index (χ1) is 14.0. The molecule has 2 N–H and O–H groups in total. The van der Waals surface area contributed by atoms with Crippen LogP contribution in [0.15, 0.2) is 48.7 Å². The van der Waals surface area contributed by atoms with Crippen LogP contribution in [0.3, 0.4) is 0 Å². The zero-order valence-electron chi connectivity index (χ0n) is 15.4. The molecule has 0 amide bonds. The highest BCUT2D eigenvalue weighted by Crippen LogP contribution is 2.35. The summed E-state index contributed by atoms with van der Waals surface area (Å²) in [5, 5.41) is 14.5. The Morgan fingerprint density at radius 1 is 1.24 bits per heavy atom. The first kappa shape index (κ1) is 19.6. The van der Waals surface area contributed by atoms with E-state index in [2.05, 4.69) is 15.3 Å². The van der Waals surface area contributed by atoms with Crippen LogP contribution in [0.2, 0.25) is 10.0 Å². The standard InChI is InChI=1S/C21H17Cl2N3O3/c1-29-21(28)20-19(14-7-6-12(22)9-15(14)23)24-10-17(26-20)25-18-13-5-3-2-4-11(13)8-16(18)27/h2-7,9-10,16,18,27H,8H2,1H3,(H,25,26). The van der Waals surface area contributed by atoms with Crippen LogP contribution in [0.5, 0.6) is 0 Å². The molecule has 0 radical (unpaired) electrons. The van der Waals surface area contributed by atoms with Gasteiger partial charge in [0.2, 0.25) is 0 Å². The van der Waals surface area contributed by atoms with Crippen molar-refractivity contribution in [1.82, 2.24) is 9.97 Å². The first-order valence-corrected chi connectivity index (χ1v) is 9.66. The van der Waals surface area contributed by atoms with Gasteiger partial charge in [0.15, 0.2) is 5.69 Å². The molecule has 4 rings (SSSR count). The Labute approximate surface area is 177 Å². The number of methoxy groups -OCH3 is 1. The molecule has 1 heterocycles. The Balaban J connectivity index is 1.72. The third kappa shape index (κ3) is 3.79. The Kier molecular flexibility index (Phi) is 5.41. The van der Waals surface area contributed by atoms with Crippen molar-refractivity contribution < 1.29 is 14.6 Å². The quantitative estimate of drug-likeness (QED) is 0.601. The molecule has 148 valence electrons. The van der Waals surface area contributed by atoms with E-state index in [9.17, 15) is 9.90 Å². The zero-order valence-corrected chi connectivity index (χ0v) is 16.9. The smallest absolute Gasteiger partial charge is 0.359 e. The molecule has 6 nitrogen and oxygen atoms in total. The number of rotatable bonds is 4. The van der Waals surface area contributed by atoms with Crippen LogP contribution >= 0.6 is 23.2 Å². The summed E-state index contributed by atoms with van der Waals surface area (Å²) in [7, 11) is 1.27. The highest BCUT2D eigenvalue weighted by molar-refractivity contribution is 6.36. The maximum atomic E-state index is 12.4. The normalized spacial score (nSPS) is 17.7. The molecule has 0 saturated heterocycles. The number of aliphatic hydroxyl groups excluding tert-OH is 1. The van der Waals surface area contributed by atoms with E-state index >= 15 is 0 Å². The largest absolute Gasteiger partial charge is 0.464 e. The molecule has 29 heavy (non-hydrogen) atoms. The second-order valence-electron chi connectivity index (χ2n) is 6.66. The van der Waals surface area contributed by atoms with Crippen molar-refractivity contribution in [3.63, 3.8) is 0 Å². The molecule has 0 bridgehead atoms. The summed E-state index contributed by atoms with van der Waals surface area (Å²) in [6.07, 6.45) is 1.44. The monoisotopic (exact) mass is 429 g/mol. The Morgan fingerprint density at radius 2 is 2.03 bits per heavy atom. The number of hydrogen-bond acceptors (Lipinski definition) is 6. The van der Waals surface area contributed by atoms with Gasteiger partial charge in [0, 0.05) is 17.0 Å². The molecule has 0 fully saturated rings. The lowest BCUT2D eigenvalue weighted by molar-refractivity contribution is 0.0594. The van der Waals surface area contributed by atoms with Crippen LogP contribution in [0.4, 0.5) is 5.82 Å². The van der Waals surface area contributed by atoms with Gasteiger partial charge in [0.25, 0.3) is 0 Å². The van der Waals surface area contributed by atoms with E-state index in [-0.39, 0.29) is 17.4 Å². The molecule has 2 aromatic carbocycles. The van der Waals surface area contributed by atoms with E-state index in [0.717, 1.165) is 11.1 Å². The number of hydrogen-bond donors (Lipinski definition) is 2. The number of anilines is 1. The highest BCUT2D eigenvalue weighted by Gasteiger charge is 2.31. The summed E-state index contributed by atoms with van der Waals surface area (Å²) in [6, 6.07) is 12.3. The second kappa shape index (κ2) is 7.99. The number of benzene rings is 2. The summed E-state index contributed by atoms with van der Waals surface area (Å²) in [5.74, 6) is -0.297. The molecule has 2 atom stereocenters. The van der Waals surface area contributed by atoms with Gasteiger partial charge in [0.1, 0.15) is 11.5 Å². The molecule has 0 saturated carbocycles. The maximum absolute atomic E-state index is 12.4. The minimum atomic E-state index is -0.644. The molecule has 1 aliphatic rings. The van der Waals surface area contributed by atoms with Gasteiger partial charge in [-0.05, 0) is 29.3 Å². The number of ether oxygens (including phenoxy) is 1. The summed E-state index contributed by atoms with van der Waals surface area (Å²) in [5.41, 5.74) is 2.88. The number of fused-ring (bicyclic) bond motifs is 1. The lowest BCUT2D eigenvalue weighted by atomic mass is 10.1. The van der Waals surface area contributed by atoms with Crippen molar-refractivity contribution in [1.29, 1.82) is 0 Å². The number of carbonyl (C=O) groups is 1.